The van der Waals surface area contributed by atoms with Crippen LogP contribution in [0.3, 0.4) is 0 Å². The number of halogens is 1. The molecule has 0 spiro atoms. The number of ether oxygens (including phenoxy) is 2. The number of hydrogen-bond acceptors (Lipinski definition) is 8. The number of hydrogen-bond donors (Lipinski definition) is 2. The van der Waals surface area contributed by atoms with Crippen LogP contribution in [0.25, 0.3) is 0 Å². The smallest absolute Gasteiger partial charge is 0.262 e. The molecule has 0 radical (unpaired) electrons. The topological polar surface area (TPSA) is 120 Å². The minimum absolute atomic E-state index is 0.0642. The Morgan fingerprint density at radius 2 is 1.84 bits per heavy atom. The van der Waals surface area contributed by atoms with Crippen LogP contribution in [0.4, 0.5) is 10.8 Å². The standard InChI is InChI=1S/C20H21ClN4O5S2/c1-5-18-23-24-20(31-18)22-19(26)12-7-6-11(2)17(8-12)32(27,28)25-14-9-13(21)15(29-3)10-16(14)30-4/h6-10,25H,5H2,1-4H3,(H,22,24,26). The Labute approximate surface area is 194 Å². The number of carbonyl (C=O) groups excluding carboxylic acids is 1. The van der Waals surface area contributed by atoms with Crippen LogP contribution >= 0.6 is 22.9 Å². The molecule has 3 aromatic rings. The van der Waals surface area contributed by atoms with Crippen LogP contribution < -0.4 is 19.5 Å². The molecule has 0 bridgehead atoms. The Morgan fingerprint density at radius 3 is 2.47 bits per heavy atom. The fourth-order valence-electron chi connectivity index (χ4n) is 2.79. The molecule has 0 aliphatic rings. The van der Waals surface area contributed by atoms with E-state index in [-0.39, 0.29) is 26.9 Å². The molecular formula is C20H21ClN4O5S2. The van der Waals surface area contributed by atoms with Crippen LogP contribution in [-0.4, -0.2) is 38.7 Å². The molecule has 0 saturated heterocycles. The van der Waals surface area contributed by atoms with Gasteiger partial charge >= 0.3 is 0 Å². The average molecular weight is 497 g/mol. The number of nitrogens with zero attached hydrogens (tertiary/aromatic N) is 2. The number of methoxy groups -OCH3 is 2. The second-order valence-corrected chi connectivity index (χ2v) is 9.70. The van der Waals surface area contributed by atoms with Gasteiger partial charge in [0.2, 0.25) is 5.13 Å². The number of rotatable bonds is 8. The third kappa shape index (κ3) is 5.12. The molecule has 1 aromatic heterocycles. The van der Waals surface area contributed by atoms with E-state index in [9.17, 15) is 13.2 Å². The first-order valence-corrected chi connectivity index (χ1v) is 12.0. The lowest BCUT2D eigenvalue weighted by molar-refractivity contribution is 0.102. The van der Waals surface area contributed by atoms with E-state index in [0.29, 0.717) is 22.9 Å². The van der Waals surface area contributed by atoms with E-state index < -0.39 is 15.9 Å². The fraction of sp³-hybridized carbons (Fsp3) is 0.250. The van der Waals surface area contributed by atoms with E-state index in [1.807, 2.05) is 6.92 Å². The van der Waals surface area contributed by atoms with Crippen molar-refractivity contribution in [3.05, 3.63) is 51.5 Å². The third-order valence-corrected chi connectivity index (χ3v) is 7.23. The predicted octanol–water partition coefficient (Wildman–Crippen LogP) is 4.13. The second-order valence-electron chi connectivity index (χ2n) is 6.58. The minimum Gasteiger partial charge on any atom is -0.495 e. The Bertz CT molecular complexity index is 1260. The molecule has 0 unspecified atom stereocenters. The minimum atomic E-state index is -4.08. The first-order chi connectivity index (χ1) is 15.2. The number of amides is 1. The number of aryl methyl sites for hydroxylation is 2. The monoisotopic (exact) mass is 496 g/mol. The Kier molecular flexibility index (Phi) is 7.22. The summed E-state index contributed by atoms with van der Waals surface area (Å²) in [4.78, 5) is 12.6. The molecule has 170 valence electrons. The van der Waals surface area contributed by atoms with Crippen LogP contribution in [0.15, 0.2) is 35.2 Å². The molecular weight excluding hydrogens is 476 g/mol. The highest BCUT2D eigenvalue weighted by molar-refractivity contribution is 7.92. The highest BCUT2D eigenvalue weighted by atomic mass is 35.5. The van der Waals surface area contributed by atoms with E-state index >= 15 is 0 Å². The van der Waals surface area contributed by atoms with Crippen molar-refractivity contribution in [2.45, 2.75) is 25.2 Å². The van der Waals surface area contributed by atoms with Crippen molar-refractivity contribution in [2.75, 3.05) is 24.3 Å². The van der Waals surface area contributed by atoms with Gasteiger partial charge in [-0.15, -0.1) is 10.2 Å². The van der Waals surface area contributed by atoms with Gasteiger partial charge in [-0.1, -0.05) is 35.9 Å². The summed E-state index contributed by atoms with van der Waals surface area (Å²) in [5.41, 5.74) is 0.745. The summed E-state index contributed by atoms with van der Waals surface area (Å²) in [7, 11) is -1.24. The molecule has 3 rings (SSSR count). The zero-order valence-corrected chi connectivity index (χ0v) is 20.1. The van der Waals surface area contributed by atoms with E-state index in [1.165, 1.54) is 49.8 Å². The summed E-state index contributed by atoms with van der Waals surface area (Å²) < 4.78 is 39.1. The third-order valence-electron chi connectivity index (χ3n) is 4.45. The zero-order valence-electron chi connectivity index (χ0n) is 17.7. The van der Waals surface area contributed by atoms with Crippen molar-refractivity contribution in [3.8, 4) is 11.5 Å². The number of aromatic nitrogens is 2. The van der Waals surface area contributed by atoms with E-state index in [0.717, 1.165) is 5.01 Å². The summed E-state index contributed by atoms with van der Waals surface area (Å²) in [6.45, 7) is 3.56. The largest absolute Gasteiger partial charge is 0.495 e. The maximum Gasteiger partial charge on any atom is 0.262 e. The van der Waals surface area contributed by atoms with Crippen molar-refractivity contribution < 1.29 is 22.7 Å². The summed E-state index contributed by atoms with van der Waals surface area (Å²) in [5, 5.41) is 11.8. The molecule has 0 aliphatic carbocycles. The van der Waals surface area contributed by atoms with E-state index in [2.05, 4.69) is 20.2 Å². The summed E-state index contributed by atoms with van der Waals surface area (Å²) in [6, 6.07) is 7.26. The summed E-state index contributed by atoms with van der Waals surface area (Å²) >= 11 is 7.40. The summed E-state index contributed by atoms with van der Waals surface area (Å²) in [6.07, 6.45) is 0.699. The maximum atomic E-state index is 13.1. The lowest BCUT2D eigenvalue weighted by atomic mass is 10.1. The first kappa shape index (κ1) is 23.8. The molecule has 0 aliphatic heterocycles. The second kappa shape index (κ2) is 9.72. The molecule has 2 aromatic carbocycles. The molecule has 0 fully saturated rings. The SMILES string of the molecule is CCc1nnc(NC(=O)c2ccc(C)c(S(=O)(=O)Nc3cc(Cl)c(OC)cc3OC)c2)s1. The molecule has 1 amide bonds. The Morgan fingerprint density at radius 1 is 1.12 bits per heavy atom. The van der Waals surface area contributed by atoms with Gasteiger partial charge in [0.05, 0.1) is 29.8 Å². The molecule has 9 nitrogen and oxygen atoms in total. The van der Waals surface area contributed by atoms with Crippen molar-refractivity contribution in [2.24, 2.45) is 0 Å². The maximum absolute atomic E-state index is 13.1. The van der Waals surface area contributed by atoms with Crippen LogP contribution in [-0.2, 0) is 16.4 Å². The molecule has 0 atom stereocenters. The van der Waals surface area contributed by atoms with Gasteiger partial charge in [-0.3, -0.25) is 14.8 Å². The average Bonchev–Trinajstić information content (AvgIpc) is 3.21. The molecule has 32 heavy (non-hydrogen) atoms. The van der Waals surface area contributed by atoms with Crippen molar-refractivity contribution in [3.63, 3.8) is 0 Å². The predicted molar refractivity (Wildman–Crippen MR) is 124 cm³/mol. The van der Waals surface area contributed by atoms with E-state index in [1.54, 1.807) is 13.0 Å². The van der Waals surface area contributed by atoms with Crippen molar-refractivity contribution in [1.29, 1.82) is 0 Å². The van der Waals surface area contributed by atoms with Gasteiger partial charge in [-0.2, -0.15) is 0 Å². The molecule has 12 heteroatoms. The number of nitrogens with one attached hydrogen (secondary N) is 2. The van der Waals surface area contributed by atoms with Crippen LogP contribution in [0.1, 0.15) is 27.9 Å². The highest BCUT2D eigenvalue weighted by Gasteiger charge is 2.22. The van der Waals surface area contributed by atoms with Gasteiger partial charge in [0.15, 0.2) is 0 Å². The first-order valence-electron chi connectivity index (χ1n) is 9.37. The van der Waals surface area contributed by atoms with E-state index in [4.69, 9.17) is 21.1 Å². The number of benzene rings is 2. The molecule has 0 saturated carbocycles. The lowest BCUT2D eigenvalue weighted by Gasteiger charge is -2.15. The lowest BCUT2D eigenvalue weighted by Crippen LogP contribution is -2.17. The summed E-state index contributed by atoms with van der Waals surface area (Å²) in [5.74, 6) is 0.0684. The van der Waals surface area contributed by atoms with Gasteiger partial charge < -0.3 is 9.47 Å². The van der Waals surface area contributed by atoms with Crippen LogP contribution in [0.5, 0.6) is 11.5 Å². The Balaban J connectivity index is 1.91. The van der Waals surface area contributed by atoms with Gasteiger partial charge in [0, 0.05) is 11.6 Å². The van der Waals surface area contributed by atoms with Crippen molar-refractivity contribution >= 4 is 49.7 Å². The Hall–Kier alpha value is -2.89. The van der Waals surface area contributed by atoms with Crippen molar-refractivity contribution in [1.82, 2.24) is 10.2 Å². The van der Waals surface area contributed by atoms with Gasteiger partial charge in [0.1, 0.15) is 16.5 Å². The number of sulfonamides is 1. The van der Waals surface area contributed by atoms with Gasteiger partial charge in [0.25, 0.3) is 15.9 Å². The van der Waals surface area contributed by atoms with Crippen LogP contribution in [0.2, 0.25) is 5.02 Å². The number of anilines is 2. The fourth-order valence-corrected chi connectivity index (χ4v) is 5.04. The van der Waals surface area contributed by atoms with Gasteiger partial charge in [-0.25, -0.2) is 8.42 Å². The van der Waals surface area contributed by atoms with Gasteiger partial charge in [-0.05, 0) is 37.1 Å². The van der Waals surface area contributed by atoms with Crippen LogP contribution in [0, 0.1) is 6.92 Å². The number of carbonyl (C=O) groups is 1. The normalized spacial score (nSPS) is 11.2. The zero-order chi connectivity index (χ0) is 23.5. The highest BCUT2D eigenvalue weighted by Crippen LogP contribution is 2.37. The molecule has 1 heterocycles. The molecule has 2 N–H and O–H groups in total. The quantitative estimate of drug-likeness (QED) is 0.481.